The lowest BCUT2D eigenvalue weighted by atomic mass is 9.85. The van der Waals surface area contributed by atoms with Gasteiger partial charge >= 0.3 is 0 Å². The van der Waals surface area contributed by atoms with E-state index in [9.17, 15) is 4.79 Å². The third-order valence-electron chi connectivity index (χ3n) is 5.55. The molecule has 0 spiro atoms. The van der Waals surface area contributed by atoms with Crippen molar-refractivity contribution < 1.29 is 4.79 Å². The molecule has 4 atom stereocenters. The van der Waals surface area contributed by atoms with Crippen molar-refractivity contribution in [2.45, 2.75) is 64.1 Å². The zero-order valence-corrected chi connectivity index (χ0v) is 13.7. The number of rotatable bonds is 2. The van der Waals surface area contributed by atoms with Crippen LogP contribution in [0.5, 0.6) is 0 Å². The minimum absolute atomic E-state index is 0.0824. The van der Waals surface area contributed by atoms with Gasteiger partial charge in [-0.15, -0.1) is 0 Å². The zero-order valence-electron chi connectivity index (χ0n) is 12.9. The molecule has 1 aliphatic carbocycles. The molecule has 0 N–H and O–H groups in total. The Hall–Kier alpha value is -0.220. The van der Waals surface area contributed by atoms with Crippen LogP contribution >= 0.6 is 11.8 Å². The second kappa shape index (κ2) is 6.27. The van der Waals surface area contributed by atoms with Crippen LogP contribution in [0.3, 0.4) is 0 Å². The van der Waals surface area contributed by atoms with Gasteiger partial charge < -0.3 is 4.90 Å². The maximum atomic E-state index is 13.0. The number of hydrogen-bond donors (Lipinski definition) is 0. The number of likely N-dealkylation sites (tertiary alicyclic amines) is 1. The molecule has 0 bridgehead atoms. The lowest BCUT2D eigenvalue weighted by Gasteiger charge is -2.38. The molecular weight excluding hydrogens is 268 g/mol. The second-order valence-corrected chi connectivity index (χ2v) is 7.99. The highest BCUT2D eigenvalue weighted by Gasteiger charge is 2.44. The Morgan fingerprint density at radius 1 is 1.20 bits per heavy atom. The highest BCUT2D eigenvalue weighted by atomic mass is 32.2. The molecule has 0 unspecified atom stereocenters. The summed E-state index contributed by atoms with van der Waals surface area (Å²) in [5.74, 6) is 3.55. The van der Waals surface area contributed by atoms with Crippen LogP contribution in [0.15, 0.2) is 0 Å². The van der Waals surface area contributed by atoms with Crippen LogP contribution < -0.4 is 0 Å². The predicted octanol–water partition coefficient (Wildman–Crippen LogP) is 2.60. The summed E-state index contributed by atoms with van der Waals surface area (Å²) in [6, 6.07) is 1.09. The van der Waals surface area contributed by atoms with Gasteiger partial charge in [-0.1, -0.05) is 12.8 Å². The molecule has 3 aliphatic rings. The van der Waals surface area contributed by atoms with Crippen LogP contribution in [0.2, 0.25) is 0 Å². The Balaban J connectivity index is 1.68. The van der Waals surface area contributed by atoms with E-state index in [-0.39, 0.29) is 6.04 Å². The molecule has 20 heavy (non-hydrogen) atoms. The Labute approximate surface area is 127 Å². The summed E-state index contributed by atoms with van der Waals surface area (Å²) in [6.45, 7) is 6.54. The van der Waals surface area contributed by atoms with Gasteiger partial charge in [-0.3, -0.25) is 9.69 Å². The molecule has 0 aromatic carbocycles. The van der Waals surface area contributed by atoms with E-state index in [1.54, 1.807) is 0 Å². The van der Waals surface area contributed by atoms with Crippen molar-refractivity contribution >= 4 is 17.7 Å². The van der Waals surface area contributed by atoms with Crippen LogP contribution in [0.4, 0.5) is 0 Å². The van der Waals surface area contributed by atoms with Gasteiger partial charge in [0, 0.05) is 36.7 Å². The SMILES string of the molecule is C[C@H](C(=O)N1[C@H](C)C[C@H]2CCCC[C@@H]21)N1CCSCC1. The van der Waals surface area contributed by atoms with Gasteiger partial charge in [0.15, 0.2) is 0 Å². The Bertz CT molecular complexity index is 356. The highest BCUT2D eigenvalue weighted by molar-refractivity contribution is 7.99. The van der Waals surface area contributed by atoms with E-state index in [0.29, 0.717) is 18.0 Å². The molecule has 2 heterocycles. The molecule has 1 saturated carbocycles. The predicted molar refractivity (Wildman–Crippen MR) is 85.0 cm³/mol. The van der Waals surface area contributed by atoms with Crippen LogP contribution in [-0.4, -0.2) is 58.4 Å². The summed E-state index contributed by atoms with van der Waals surface area (Å²) >= 11 is 2.01. The minimum Gasteiger partial charge on any atom is -0.335 e. The molecule has 3 fully saturated rings. The average molecular weight is 296 g/mol. The standard InChI is InChI=1S/C16H28N2OS/c1-12-11-14-5-3-4-6-15(14)18(12)16(19)13(2)17-7-9-20-10-8-17/h12-15H,3-11H2,1-2H3/t12-,13-,14-,15+/m1/s1. The van der Waals surface area contributed by atoms with E-state index in [2.05, 4.69) is 23.6 Å². The van der Waals surface area contributed by atoms with Gasteiger partial charge in [-0.25, -0.2) is 0 Å². The van der Waals surface area contributed by atoms with E-state index in [4.69, 9.17) is 0 Å². The van der Waals surface area contributed by atoms with E-state index < -0.39 is 0 Å². The molecule has 0 aromatic rings. The molecular formula is C16H28N2OS. The summed E-state index contributed by atoms with van der Waals surface area (Å²) in [4.78, 5) is 17.7. The molecule has 0 aromatic heterocycles. The smallest absolute Gasteiger partial charge is 0.240 e. The summed E-state index contributed by atoms with van der Waals surface area (Å²) < 4.78 is 0. The van der Waals surface area contributed by atoms with Gasteiger partial charge in [0.05, 0.1) is 6.04 Å². The average Bonchev–Trinajstić information content (AvgIpc) is 2.82. The Morgan fingerprint density at radius 2 is 1.90 bits per heavy atom. The molecule has 1 amide bonds. The number of nitrogens with zero attached hydrogens (tertiary/aromatic N) is 2. The van der Waals surface area contributed by atoms with Gasteiger partial charge in [-0.05, 0) is 39.0 Å². The van der Waals surface area contributed by atoms with Crippen LogP contribution in [0.1, 0.15) is 46.0 Å². The first-order valence-corrected chi connectivity index (χ1v) is 9.48. The highest BCUT2D eigenvalue weighted by Crippen LogP contribution is 2.40. The van der Waals surface area contributed by atoms with Crippen molar-refractivity contribution in [3.05, 3.63) is 0 Å². The number of carbonyl (C=O) groups excluding carboxylic acids is 1. The quantitative estimate of drug-likeness (QED) is 0.782. The fraction of sp³-hybridized carbons (Fsp3) is 0.938. The van der Waals surface area contributed by atoms with Crippen molar-refractivity contribution in [3.63, 3.8) is 0 Å². The van der Waals surface area contributed by atoms with Crippen molar-refractivity contribution in [1.82, 2.24) is 9.80 Å². The largest absolute Gasteiger partial charge is 0.335 e. The second-order valence-electron chi connectivity index (χ2n) is 6.77. The molecule has 114 valence electrons. The summed E-state index contributed by atoms with van der Waals surface area (Å²) in [6.07, 6.45) is 6.50. The summed E-state index contributed by atoms with van der Waals surface area (Å²) in [5.41, 5.74) is 0. The normalized spacial score (nSPS) is 36.7. The zero-order chi connectivity index (χ0) is 14.1. The van der Waals surface area contributed by atoms with Gasteiger partial charge in [0.25, 0.3) is 0 Å². The number of amides is 1. The minimum atomic E-state index is 0.0824. The lowest BCUT2D eigenvalue weighted by Crippen LogP contribution is -2.53. The fourth-order valence-corrected chi connectivity index (χ4v) is 5.36. The maximum absolute atomic E-state index is 13.0. The molecule has 3 rings (SSSR count). The van der Waals surface area contributed by atoms with Crippen LogP contribution in [-0.2, 0) is 4.79 Å². The lowest BCUT2D eigenvalue weighted by molar-refractivity contribution is -0.139. The van der Waals surface area contributed by atoms with Gasteiger partial charge in [-0.2, -0.15) is 11.8 Å². The van der Waals surface area contributed by atoms with E-state index in [1.165, 1.54) is 43.6 Å². The van der Waals surface area contributed by atoms with Crippen molar-refractivity contribution in [1.29, 1.82) is 0 Å². The fourth-order valence-electron chi connectivity index (χ4n) is 4.43. The number of carbonyl (C=O) groups is 1. The Morgan fingerprint density at radius 3 is 2.65 bits per heavy atom. The number of fused-ring (bicyclic) bond motifs is 1. The molecule has 4 heteroatoms. The summed E-state index contributed by atoms with van der Waals surface area (Å²) in [5, 5.41) is 0. The van der Waals surface area contributed by atoms with Crippen molar-refractivity contribution in [3.8, 4) is 0 Å². The van der Waals surface area contributed by atoms with Crippen LogP contribution in [0, 0.1) is 5.92 Å². The molecule has 2 saturated heterocycles. The third-order valence-corrected chi connectivity index (χ3v) is 6.49. The van der Waals surface area contributed by atoms with Crippen LogP contribution in [0.25, 0.3) is 0 Å². The Kier molecular flexibility index (Phi) is 4.61. The van der Waals surface area contributed by atoms with Gasteiger partial charge in [0.1, 0.15) is 0 Å². The van der Waals surface area contributed by atoms with Crippen molar-refractivity contribution in [2.75, 3.05) is 24.6 Å². The number of thioether (sulfide) groups is 1. The first kappa shape index (κ1) is 14.7. The summed E-state index contributed by atoms with van der Waals surface area (Å²) in [7, 11) is 0. The van der Waals surface area contributed by atoms with E-state index in [1.807, 2.05) is 11.8 Å². The topological polar surface area (TPSA) is 23.6 Å². The third kappa shape index (κ3) is 2.74. The maximum Gasteiger partial charge on any atom is 0.240 e. The molecule has 3 nitrogen and oxygen atoms in total. The monoisotopic (exact) mass is 296 g/mol. The molecule has 0 radical (unpaired) electrons. The van der Waals surface area contributed by atoms with E-state index in [0.717, 1.165) is 19.0 Å². The number of hydrogen-bond acceptors (Lipinski definition) is 3. The van der Waals surface area contributed by atoms with Gasteiger partial charge in [0.2, 0.25) is 5.91 Å². The van der Waals surface area contributed by atoms with Crippen molar-refractivity contribution in [2.24, 2.45) is 5.92 Å². The molecule has 2 aliphatic heterocycles. The first-order valence-electron chi connectivity index (χ1n) is 8.32. The van der Waals surface area contributed by atoms with E-state index >= 15 is 0 Å². The first-order chi connectivity index (χ1) is 9.68.